The number of carbonyl (C=O) groups is 1. The van der Waals surface area contributed by atoms with E-state index in [1.165, 1.54) is 0 Å². The van der Waals surface area contributed by atoms with Gasteiger partial charge in [-0.3, -0.25) is 0 Å². The molecule has 21 heavy (non-hydrogen) atoms. The molecule has 0 saturated heterocycles. The number of methoxy groups -OCH3 is 2. The second-order valence-electron chi connectivity index (χ2n) is 4.26. The van der Waals surface area contributed by atoms with Gasteiger partial charge in [0.15, 0.2) is 5.69 Å². The van der Waals surface area contributed by atoms with Gasteiger partial charge in [0.1, 0.15) is 17.2 Å². The number of rotatable bonds is 5. The molecule has 7 heteroatoms. The highest BCUT2D eigenvalue weighted by atomic mass is 16.5. The number of hydrogen-bond donors (Lipinski definition) is 1. The normalized spacial score (nSPS) is 10.3. The van der Waals surface area contributed by atoms with E-state index in [-0.39, 0.29) is 12.3 Å². The maximum atomic E-state index is 11.9. The van der Waals surface area contributed by atoms with E-state index < -0.39 is 5.97 Å². The van der Waals surface area contributed by atoms with Crippen molar-refractivity contribution in [2.24, 2.45) is 0 Å². The molecule has 7 nitrogen and oxygen atoms in total. The Morgan fingerprint density at radius 2 is 1.90 bits per heavy atom. The minimum Gasteiger partial charge on any atom is -0.496 e. The van der Waals surface area contributed by atoms with Gasteiger partial charge in [-0.2, -0.15) is 10.3 Å². The quantitative estimate of drug-likeness (QED) is 0.848. The number of benzene rings is 1. The Morgan fingerprint density at radius 1 is 1.19 bits per heavy atom. The maximum absolute atomic E-state index is 11.9. The molecule has 2 aromatic rings. The van der Waals surface area contributed by atoms with Gasteiger partial charge < -0.3 is 14.2 Å². The summed E-state index contributed by atoms with van der Waals surface area (Å²) < 4.78 is 15.6. The molecule has 0 aliphatic heterocycles. The smallest absolute Gasteiger partial charge is 0.361 e. The molecule has 0 atom stereocenters. The van der Waals surface area contributed by atoms with Crippen LogP contribution in [0.4, 0.5) is 0 Å². The number of nitrogens with zero attached hydrogens (tertiary/aromatic N) is 2. The van der Waals surface area contributed by atoms with Gasteiger partial charge >= 0.3 is 5.97 Å². The number of aryl methyl sites for hydroxylation is 1. The summed E-state index contributed by atoms with van der Waals surface area (Å²) in [6, 6.07) is 3.58. The van der Waals surface area contributed by atoms with E-state index in [1.54, 1.807) is 27.2 Å². The Hall–Kier alpha value is -2.57. The Kier molecular flexibility index (Phi) is 4.42. The third-order valence-corrected chi connectivity index (χ3v) is 2.99. The van der Waals surface area contributed by atoms with Crippen LogP contribution in [0.2, 0.25) is 0 Å². The lowest BCUT2D eigenvalue weighted by atomic mass is 10.1. The van der Waals surface area contributed by atoms with Gasteiger partial charge in [0.2, 0.25) is 0 Å². The molecule has 0 spiro atoms. The average Bonchev–Trinajstić information content (AvgIpc) is 2.96. The topological polar surface area (TPSA) is 86.3 Å². The molecule has 0 aliphatic rings. The fourth-order valence-electron chi connectivity index (χ4n) is 2.00. The van der Waals surface area contributed by atoms with E-state index in [0.717, 1.165) is 5.56 Å². The summed E-state index contributed by atoms with van der Waals surface area (Å²) in [5.41, 5.74) is 2.00. The van der Waals surface area contributed by atoms with Crippen molar-refractivity contribution in [1.29, 1.82) is 0 Å². The van der Waals surface area contributed by atoms with E-state index in [0.29, 0.717) is 22.8 Å². The first-order valence-electron chi connectivity index (χ1n) is 6.43. The number of carbonyl (C=O) groups excluding carboxylic acids is 1. The molecule has 1 aromatic heterocycles. The summed E-state index contributed by atoms with van der Waals surface area (Å²) >= 11 is 0. The molecular formula is C14H17N3O4. The van der Waals surface area contributed by atoms with Crippen molar-refractivity contribution in [2.75, 3.05) is 20.8 Å². The highest BCUT2D eigenvalue weighted by Gasteiger charge is 2.22. The summed E-state index contributed by atoms with van der Waals surface area (Å²) in [4.78, 5) is 11.9. The zero-order valence-corrected chi connectivity index (χ0v) is 12.4. The standard InChI is InChI=1S/C14H17N3O4/c1-5-21-14(18)13-12(15-17-16-13)9-7-10(19-3)8(2)6-11(9)20-4/h6-7H,5H2,1-4H3,(H,15,16,17). The minimum atomic E-state index is -0.539. The molecule has 0 unspecified atom stereocenters. The summed E-state index contributed by atoms with van der Waals surface area (Å²) in [7, 11) is 3.13. The number of H-pyrrole nitrogens is 1. The van der Waals surface area contributed by atoms with E-state index in [2.05, 4.69) is 15.4 Å². The van der Waals surface area contributed by atoms with Gasteiger partial charge in [-0.05, 0) is 31.5 Å². The summed E-state index contributed by atoms with van der Waals surface area (Å²) in [6.45, 7) is 3.90. The summed E-state index contributed by atoms with van der Waals surface area (Å²) in [5, 5.41) is 10.3. The lowest BCUT2D eigenvalue weighted by Crippen LogP contribution is -2.07. The first kappa shape index (κ1) is 14.8. The van der Waals surface area contributed by atoms with Crippen LogP contribution < -0.4 is 9.47 Å². The third-order valence-electron chi connectivity index (χ3n) is 2.99. The molecule has 0 saturated carbocycles. The molecular weight excluding hydrogens is 274 g/mol. The average molecular weight is 291 g/mol. The van der Waals surface area contributed by atoms with Gasteiger partial charge in [0, 0.05) is 0 Å². The number of ether oxygens (including phenoxy) is 3. The molecule has 1 heterocycles. The van der Waals surface area contributed by atoms with Crippen LogP contribution in [0.1, 0.15) is 23.0 Å². The molecule has 0 bridgehead atoms. The Morgan fingerprint density at radius 3 is 2.52 bits per heavy atom. The largest absolute Gasteiger partial charge is 0.496 e. The van der Waals surface area contributed by atoms with Crippen molar-refractivity contribution in [3.05, 3.63) is 23.4 Å². The van der Waals surface area contributed by atoms with Crippen LogP contribution in [-0.2, 0) is 4.74 Å². The number of esters is 1. The lowest BCUT2D eigenvalue weighted by Gasteiger charge is -2.12. The van der Waals surface area contributed by atoms with Gasteiger partial charge in [0.25, 0.3) is 0 Å². The van der Waals surface area contributed by atoms with E-state index >= 15 is 0 Å². The molecule has 1 N–H and O–H groups in total. The molecule has 1 aromatic carbocycles. The van der Waals surface area contributed by atoms with Gasteiger partial charge in [0.05, 0.1) is 26.4 Å². The summed E-state index contributed by atoms with van der Waals surface area (Å²) in [6.07, 6.45) is 0. The summed E-state index contributed by atoms with van der Waals surface area (Å²) in [5.74, 6) is 0.708. The van der Waals surface area contributed by atoms with E-state index in [9.17, 15) is 4.79 Å². The monoisotopic (exact) mass is 291 g/mol. The number of aromatic nitrogens is 3. The number of aromatic amines is 1. The van der Waals surface area contributed by atoms with Crippen molar-refractivity contribution < 1.29 is 19.0 Å². The van der Waals surface area contributed by atoms with Crippen molar-refractivity contribution in [3.63, 3.8) is 0 Å². The van der Waals surface area contributed by atoms with Crippen molar-refractivity contribution in [1.82, 2.24) is 15.4 Å². The lowest BCUT2D eigenvalue weighted by molar-refractivity contribution is 0.0520. The third kappa shape index (κ3) is 2.81. The highest BCUT2D eigenvalue weighted by Crippen LogP contribution is 2.36. The van der Waals surface area contributed by atoms with E-state index in [1.807, 2.05) is 13.0 Å². The zero-order valence-electron chi connectivity index (χ0n) is 12.4. The Labute approximate surface area is 122 Å². The molecule has 0 aliphatic carbocycles. The highest BCUT2D eigenvalue weighted by molar-refractivity contribution is 5.95. The van der Waals surface area contributed by atoms with Crippen LogP contribution in [0.25, 0.3) is 11.3 Å². The first-order valence-corrected chi connectivity index (χ1v) is 6.43. The van der Waals surface area contributed by atoms with E-state index in [4.69, 9.17) is 14.2 Å². The Balaban J connectivity index is 2.56. The fraction of sp³-hybridized carbons (Fsp3) is 0.357. The first-order chi connectivity index (χ1) is 10.1. The molecule has 0 fully saturated rings. The van der Waals surface area contributed by atoms with Crippen LogP contribution in [0, 0.1) is 6.92 Å². The minimum absolute atomic E-state index is 0.112. The van der Waals surface area contributed by atoms with Crippen LogP contribution in [0.3, 0.4) is 0 Å². The van der Waals surface area contributed by atoms with Gasteiger partial charge in [-0.25, -0.2) is 4.79 Å². The maximum Gasteiger partial charge on any atom is 0.361 e. The number of nitrogens with one attached hydrogen (secondary N) is 1. The SMILES string of the molecule is CCOC(=O)c1n[nH]nc1-c1cc(OC)c(C)cc1OC. The van der Waals surface area contributed by atoms with Gasteiger partial charge in [-0.15, -0.1) is 5.10 Å². The number of hydrogen-bond acceptors (Lipinski definition) is 6. The molecule has 0 amide bonds. The molecule has 0 radical (unpaired) electrons. The second kappa shape index (κ2) is 6.25. The predicted molar refractivity (Wildman–Crippen MR) is 75.6 cm³/mol. The molecule has 112 valence electrons. The van der Waals surface area contributed by atoms with Crippen LogP contribution in [0.15, 0.2) is 12.1 Å². The van der Waals surface area contributed by atoms with Gasteiger partial charge in [-0.1, -0.05) is 0 Å². The van der Waals surface area contributed by atoms with Crippen molar-refractivity contribution in [2.45, 2.75) is 13.8 Å². The van der Waals surface area contributed by atoms with Crippen LogP contribution in [-0.4, -0.2) is 42.2 Å². The second-order valence-corrected chi connectivity index (χ2v) is 4.26. The van der Waals surface area contributed by atoms with Crippen molar-refractivity contribution in [3.8, 4) is 22.8 Å². The Bertz CT molecular complexity index is 652. The zero-order chi connectivity index (χ0) is 15.4. The predicted octanol–water partition coefficient (Wildman–Crippen LogP) is 1.97. The molecule has 2 rings (SSSR count). The van der Waals surface area contributed by atoms with Crippen LogP contribution >= 0.6 is 0 Å². The van der Waals surface area contributed by atoms with Crippen LogP contribution in [0.5, 0.6) is 11.5 Å². The van der Waals surface area contributed by atoms with Crippen molar-refractivity contribution >= 4 is 5.97 Å². The fourth-order valence-corrected chi connectivity index (χ4v) is 2.00.